The number of likely N-dealkylation sites (tertiary alicyclic amines) is 2. The van der Waals surface area contributed by atoms with Crippen LogP contribution in [-0.2, 0) is 0 Å². The zero-order chi connectivity index (χ0) is 21.8. The standard InChI is InChI=1S/C29H32N2O/c32-29(26-14-8-3-9-15-26)31-21-27(28(22-31)25-12-6-2-7-13-25)20-30-18-16-24(17-19-30)23-10-4-1-5-11-23/h1-15,24,27-28H,16-22H2/t27-,28+/m0/s1. The SMILES string of the molecule is O=C(c1ccccc1)N1C[C@H](CN2CCC(c3ccccc3)CC2)[C@@H](c2ccccc2)C1. The fraction of sp³-hybridized carbons (Fsp3) is 0.345. The summed E-state index contributed by atoms with van der Waals surface area (Å²) in [5, 5.41) is 0. The van der Waals surface area contributed by atoms with Crippen LogP contribution >= 0.6 is 0 Å². The first kappa shape index (κ1) is 21.0. The molecule has 2 atom stereocenters. The Kier molecular flexibility index (Phi) is 6.36. The summed E-state index contributed by atoms with van der Waals surface area (Å²) in [6.45, 7) is 5.00. The van der Waals surface area contributed by atoms with Crippen molar-refractivity contribution in [3.05, 3.63) is 108 Å². The van der Waals surface area contributed by atoms with E-state index in [2.05, 4.69) is 70.5 Å². The van der Waals surface area contributed by atoms with Crippen molar-refractivity contribution >= 4 is 5.91 Å². The summed E-state index contributed by atoms with van der Waals surface area (Å²) < 4.78 is 0. The van der Waals surface area contributed by atoms with Crippen molar-refractivity contribution in [2.75, 3.05) is 32.7 Å². The summed E-state index contributed by atoms with van der Waals surface area (Å²) in [7, 11) is 0. The average molecular weight is 425 g/mol. The fourth-order valence-electron chi connectivity index (χ4n) is 5.57. The lowest BCUT2D eigenvalue weighted by atomic mass is 9.86. The minimum atomic E-state index is 0.164. The molecule has 0 radical (unpaired) electrons. The van der Waals surface area contributed by atoms with Crippen LogP contribution < -0.4 is 0 Å². The van der Waals surface area contributed by atoms with Crippen molar-refractivity contribution in [3.63, 3.8) is 0 Å². The minimum absolute atomic E-state index is 0.164. The molecular weight excluding hydrogens is 392 g/mol. The van der Waals surface area contributed by atoms with Crippen LogP contribution in [0.3, 0.4) is 0 Å². The Bertz CT molecular complexity index is 997. The van der Waals surface area contributed by atoms with E-state index in [-0.39, 0.29) is 5.91 Å². The molecule has 3 aromatic rings. The largest absolute Gasteiger partial charge is 0.338 e. The lowest BCUT2D eigenvalue weighted by Gasteiger charge is -2.34. The number of carbonyl (C=O) groups excluding carboxylic acids is 1. The summed E-state index contributed by atoms with van der Waals surface area (Å²) in [5.74, 6) is 1.71. The van der Waals surface area contributed by atoms with Gasteiger partial charge >= 0.3 is 0 Å². The number of carbonyl (C=O) groups is 1. The lowest BCUT2D eigenvalue weighted by Crippen LogP contribution is -2.38. The van der Waals surface area contributed by atoms with Gasteiger partial charge in [0.25, 0.3) is 5.91 Å². The second-order valence-electron chi connectivity index (χ2n) is 9.34. The van der Waals surface area contributed by atoms with E-state index in [0.29, 0.717) is 17.8 Å². The van der Waals surface area contributed by atoms with Crippen molar-refractivity contribution in [1.82, 2.24) is 9.80 Å². The molecule has 0 saturated carbocycles. The van der Waals surface area contributed by atoms with Gasteiger partial charge in [-0.1, -0.05) is 78.9 Å². The maximum atomic E-state index is 13.2. The molecule has 0 aromatic heterocycles. The highest BCUT2D eigenvalue weighted by atomic mass is 16.2. The molecule has 3 heteroatoms. The topological polar surface area (TPSA) is 23.6 Å². The normalized spacial score (nSPS) is 22.2. The van der Waals surface area contributed by atoms with Crippen molar-refractivity contribution < 1.29 is 4.79 Å². The van der Waals surface area contributed by atoms with E-state index < -0.39 is 0 Å². The molecule has 0 unspecified atom stereocenters. The molecule has 2 saturated heterocycles. The monoisotopic (exact) mass is 424 g/mol. The van der Waals surface area contributed by atoms with Gasteiger partial charge in [0.15, 0.2) is 0 Å². The summed E-state index contributed by atoms with van der Waals surface area (Å²) in [5.41, 5.74) is 3.64. The average Bonchev–Trinajstić information content (AvgIpc) is 3.29. The molecule has 2 aliphatic heterocycles. The number of rotatable bonds is 5. The molecule has 0 aliphatic carbocycles. The third-order valence-electron chi connectivity index (χ3n) is 7.33. The predicted octanol–water partition coefficient (Wildman–Crippen LogP) is 5.42. The molecule has 2 fully saturated rings. The van der Waals surface area contributed by atoms with Gasteiger partial charge < -0.3 is 9.80 Å². The Morgan fingerprint density at radius 1 is 0.719 bits per heavy atom. The molecular formula is C29H32N2O. The molecule has 0 bridgehead atoms. The molecule has 1 amide bonds. The van der Waals surface area contributed by atoms with Crippen molar-refractivity contribution in [2.45, 2.75) is 24.7 Å². The number of amides is 1. The third-order valence-corrected chi connectivity index (χ3v) is 7.33. The first-order chi connectivity index (χ1) is 15.8. The van der Waals surface area contributed by atoms with E-state index in [9.17, 15) is 4.79 Å². The third kappa shape index (κ3) is 4.63. The van der Waals surface area contributed by atoms with Crippen molar-refractivity contribution in [1.29, 1.82) is 0 Å². The zero-order valence-electron chi connectivity index (χ0n) is 18.6. The second-order valence-corrected chi connectivity index (χ2v) is 9.34. The van der Waals surface area contributed by atoms with Crippen molar-refractivity contribution in [2.24, 2.45) is 5.92 Å². The first-order valence-electron chi connectivity index (χ1n) is 11.9. The van der Waals surface area contributed by atoms with Crippen LogP contribution in [-0.4, -0.2) is 48.4 Å². The predicted molar refractivity (Wildman–Crippen MR) is 130 cm³/mol. The van der Waals surface area contributed by atoms with Gasteiger partial charge in [0.1, 0.15) is 0 Å². The van der Waals surface area contributed by atoms with Crippen LogP contribution in [0.1, 0.15) is 46.2 Å². The molecule has 164 valence electrons. The van der Waals surface area contributed by atoms with Crippen LogP contribution in [0, 0.1) is 5.92 Å². The van der Waals surface area contributed by atoms with Crippen LogP contribution in [0.15, 0.2) is 91.0 Å². The van der Waals surface area contributed by atoms with E-state index in [0.717, 1.165) is 38.3 Å². The number of nitrogens with zero attached hydrogens (tertiary/aromatic N) is 2. The van der Waals surface area contributed by atoms with Crippen LogP contribution in [0.5, 0.6) is 0 Å². The van der Waals surface area contributed by atoms with E-state index in [1.54, 1.807) is 0 Å². The van der Waals surface area contributed by atoms with E-state index >= 15 is 0 Å². The van der Waals surface area contributed by atoms with Gasteiger partial charge in [-0.15, -0.1) is 0 Å². The number of hydrogen-bond donors (Lipinski definition) is 0. The number of hydrogen-bond acceptors (Lipinski definition) is 2. The van der Waals surface area contributed by atoms with Gasteiger partial charge in [0.2, 0.25) is 0 Å². The highest BCUT2D eigenvalue weighted by Gasteiger charge is 2.37. The van der Waals surface area contributed by atoms with Crippen molar-refractivity contribution in [3.8, 4) is 0 Å². The van der Waals surface area contributed by atoms with Gasteiger partial charge in [-0.25, -0.2) is 0 Å². The van der Waals surface area contributed by atoms with Gasteiger partial charge in [-0.2, -0.15) is 0 Å². The maximum absolute atomic E-state index is 13.2. The highest BCUT2D eigenvalue weighted by Crippen LogP contribution is 2.35. The molecule has 3 nitrogen and oxygen atoms in total. The number of benzene rings is 3. The Morgan fingerprint density at radius 2 is 1.28 bits per heavy atom. The Balaban J connectivity index is 1.27. The van der Waals surface area contributed by atoms with E-state index in [4.69, 9.17) is 0 Å². The Morgan fingerprint density at radius 3 is 1.91 bits per heavy atom. The quantitative estimate of drug-likeness (QED) is 0.546. The molecule has 2 aliphatic rings. The Hall–Kier alpha value is -2.91. The van der Waals surface area contributed by atoms with Gasteiger partial charge in [-0.3, -0.25) is 4.79 Å². The minimum Gasteiger partial charge on any atom is -0.338 e. The smallest absolute Gasteiger partial charge is 0.253 e. The molecule has 32 heavy (non-hydrogen) atoms. The highest BCUT2D eigenvalue weighted by molar-refractivity contribution is 5.94. The van der Waals surface area contributed by atoms with E-state index in [1.165, 1.54) is 24.0 Å². The van der Waals surface area contributed by atoms with Crippen LogP contribution in [0.25, 0.3) is 0 Å². The summed E-state index contributed by atoms with van der Waals surface area (Å²) in [6, 6.07) is 31.5. The summed E-state index contributed by atoms with van der Waals surface area (Å²) in [6.07, 6.45) is 2.44. The molecule has 2 heterocycles. The number of piperidine rings is 1. The molecule has 0 N–H and O–H groups in total. The second kappa shape index (κ2) is 9.70. The zero-order valence-corrected chi connectivity index (χ0v) is 18.6. The maximum Gasteiger partial charge on any atom is 0.253 e. The fourth-order valence-corrected chi connectivity index (χ4v) is 5.57. The first-order valence-corrected chi connectivity index (χ1v) is 11.9. The Labute approximate surface area is 191 Å². The van der Waals surface area contributed by atoms with Gasteiger partial charge in [0.05, 0.1) is 0 Å². The molecule has 0 spiro atoms. The summed E-state index contributed by atoms with van der Waals surface area (Å²) >= 11 is 0. The summed E-state index contributed by atoms with van der Waals surface area (Å²) in [4.78, 5) is 17.9. The molecule has 5 rings (SSSR count). The lowest BCUT2D eigenvalue weighted by molar-refractivity contribution is 0.0781. The van der Waals surface area contributed by atoms with E-state index in [1.807, 2.05) is 30.3 Å². The molecule has 3 aromatic carbocycles. The van der Waals surface area contributed by atoms with Gasteiger partial charge in [0, 0.05) is 31.1 Å². The van der Waals surface area contributed by atoms with Crippen LogP contribution in [0.2, 0.25) is 0 Å². The van der Waals surface area contributed by atoms with Crippen LogP contribution in [0.4, 0.5) is 0 Å². The van der Waals surface area contributed by atoms with Gasteiger partial charge in [-0.05, 0) is 61.0 Å².